The molecule has 0 aromatic rings. The van der Waals surface area contributed by atoms with Crippen molar-refractivity contribution in [3.05, 3.63) is 23.7 Å². The molecule has 82 valence electrons. The number of amides is 1. The molecule has 0 aromatic carbocycles. The zero-order valence-corrected chi connectivity index (χ0v) is 7.77. The lowest BCUT2D eigenvalue weighted by molar-refractivity contribution is -0.141. The van der Waals surface area contributed by atoms with Crippen molar-refractivity contribution in [2.24, 2.45) is 5.73 Å². The fourth-order valence-electron chi connectivity index (χ4n) is 0.798. The summed E-state index contributed by atoms with van der Waals surface area (Å²) in [7, 11) is 0. The van der Waals surface area contributed by atoms with Gasteiger partial charge < -0.3 is 20.7 Å². The minimum atomic E-state index is -0.973. The summed E-state index contributed by atoms with van der Waals surface area (Å²) in [6.45, 7) is 1.30. The van der Waals surface area contributed by atoms with Crippen molar-refractivity contribution in [2.45, 2.75) is 6.92 Å². The molecule has 7 heteroatoms. The monoisotopic (exact) mass is 215 g/mol. The van der Waals surface area contributed by atoms with Crippen LogP contribution in [0.2, 0.25) is 0 Å². The molecule has 0 saturated carbocycles. The molecule has 0 atom stereocenters. The normalized spacial score (nSPS) is 22.7. The molecule has 1 rings (SSSR count). The molecule has 1 aliphatic heterocycles. The van der Waals surface area contributed by atoms with E-state index in [2.05, 4.69) is 9.47 Å². The highest BCUT2D eigenvalue weighted by Gasteiger charge is 2.19. The predicted octanol–water partition coefficient (Wildman–Crippen LogP) is -1.47. The third-order valence-corrected chi connectivity index (χ3v) is 1.36. The van der Waals surface area contributed by atoms with Crippen molar-refractivity contribution in [1.29, 1.82) is 0 Å². The maximum absolute atomic E-state index is 10.9. The minimum Gasteiger partial charge on any atom is -0.424 e. The van der Waals surface area contributed by atoms with E-state index in [4.69, 9.17) is 5.73 Å². The van der Waals surface area contributed by atoms with Crippen LogP contribution in [0.25, 0.3) is 0 Å². The molecule has 0 aromatic heterocycles. The molecular weight excluding hydrogens is 206 g/mol. The second-order valence-electron chi connectivity index (χ2n) is 2.43. The van der Waals surface area contributed by atoms with Gasteiger partial charge >= 0.3 is 11.9 Å². The van der Waals surface area contributed by atoms with Gasteiger partial charge in [-0.1, -0.05) is 0 Å². The van der Waals surface area contributed by atoms with E-state index in [1.165, 1.54) is 6.92 Å². The van der Waals surface area contributed by atoms with Crippen LogP contribution in [0.4, 0.5) is 0 Å². The van der Waals surface area contributed by atoms with Crippen LogP contribution >= 0.6 is 0 Å². The smallest absolute Gasteiger partial charge is 0.336 e. The van der Waals surface area contributed by atoms with Crippen LogP contribution in [0.5, 0.6) is 0 Å². The molecular formula is C8H9NO6. The van der Waals surface area contributed by atoms with Crippen LogP contribution in [0.3, 0.4) is 0 Å². The van der Waals surface area contributed by atoms with Crippen LogP contribution < -0.4 is 5.73 Å². The molecule has 4 N–H and O–H groups in total. The van der Waals surface area contributed by atoms with Gasteiger partial charge in [0.05, 0.1) is 0 Å². The van der Waals surface area contributed by atoms with Gasteiger partial charge in [0.25, 0.3) is 5.91 Å². The number of allylic oxidation sites excluding steroid dienone is 1. The average molecular weight is 215 g/mol. The average Bonchev–Trinajstić information content (AvgIpc) is 2.08. The Bertz CT molecular complexity index is 367. The highest BCUT2D eigenvalue weighted by Crippen LogP contribution is 2.10. The van der Waals surface area contributed by atoms with Gasteiger partial charge in [-0.15, -0.1) is 0 Å². The standard InChI is InChI=1S/C8H7NO5.H2O/c1-4-7(8(9)12)14-6(11)3-2-5(10)13-4;/h2-3H,1H3,(H2,9,12);1H2/b3-2-,7-4-;. The van der Waals surface area contributed by atoms with Crippen molar-refractivity contribution in [3.63, 3.8) is 0 Å². The Labute approximate surface area is 84.4 Å². The number of carbonyl (C=O) groups excluding carboxylic acids is 3. The minimum absolute atomic E-state index is 0. The fourth-order valence-corrected chi connectivity index (χ4v) is 0.798. The summed E-state index contributed by atoms with van der Waals surface area (Å²) in [6, 6.07) is 0. The second-order valence-corrected chi connectivity index (χ2v) is 2.43. The molecule has 0 saturated heterocycles. The third-order valence-electron chi connectivity index (χ3n) is 1.36. The van der Waals surface area contributed by atoms with Crippen molar-refractivity contribution in [2.75, 3.05) is 0 Å². The summed E-state index contributed by atoms with van der Waals surface area (Å²) in [5.74, 6) is -3.19. The molecule has 0 fully saturated rings. The molecule has 1 heterocycles. The zero-order chi connectivity index (χ0) is 10.7. The number of primary amides is 1. The number of rotatable bonds is 1. The van der Waals surface area contributed by atoms with E-state index in [0.717, 1.165) is 12.2 Å². The SMILES string of the molecule is C/C1=C(\C(N)=O)OC(=O)/C=C\C(=O)O1.O. The summed E-state index contributed by atoms with van der Waals surface area (Å²) in [5.41, 5.74) is 4.90. The van der Waals surface area contributed by atoms with Crippen LogP contribution in [0, 0.1) is 0 Å². The quantitative estimate of drug-likeness (QED) is 0.534. The van der Waals surface area contributed by atoms with Crippen molar-refractivity contribution < 1.29 is 29.3 Å². The Morgan fingerprint density at radius 3 is 2.13 bits per heavy atom. The number of hydrogen-bond donors (Lipinski definition) is 1. The first-order chi connectivity index (χ1) is 6.50. The van der Waals surface area contributed by atoms with Crippen molar-refractivity contribution in [1.82, 2.24) is 0 Å². The maximum atomic E-state index is 10.9. The van der Waals surface area contributed by atoms with Gasteiger partial charge in [0.1, 0.15) is 0 Å². The van der Waals surface area contributed by atoms with E-state index in [1.54, 1.807) is 0 Å². The highest BCUT2D eigenvalue weighted by atomic mass is 16.6. The lowest BCUT2D eigenvalue weighted by atomic mass is 10.3. The number of hydrogen-bond acceptors (Lipinski definition) is 5. The summed E-state index contributed by atoms with van der Waals surface area (Å²) < 4.78 is 9.10. The van der Waals surface area contributed by atoms with Crippen molar-refractivity contribution in [3.8, 4) is 0 Å². The summed E-state index contributed by atoms with van der Waals surface area (Å²) >= 11 is 0. The largest absolute Gasteiger partial charge is 0.424 e. The Morgan fingerprint density at radius 2 is 1.67 bits per heavy atom. The first kappa shape index (κ1) is 12.8. The van der Waals surface area contributed by atoms with E-state index in [1.807, 2.05) is 0 Å². The van der Waals surface area contributed by atoms with Gasteiger partial charge in [-0.3, -0.25) is 4.79 Å². The van der Waals surface area contributed by atoms with Crippen LogP contribution in [0.15, 0.2) is 23.7 Å². The third kappa shape index (κ3) is 3.24. The van der Waals surface area contributed by atoms with Crippen LogP contribution in [-0.4, -0.2) is 23.3 Å². The molecule has 7 nitrogen and oxygen atoms in total. The molecule has 0 bridgehead atoms. The Kier molecular flexibility index (Phi) is 4.21. The fraction of sp³-hybridized carbons (Fsp3) is 0.125. The predicted molar refractivity (Wildman–Crippen MR) is 46.8 cm³/mol. The van der Waals surface area contributed by atoms with E-state index in [9.17, 15) is 14.4 Å². The lowest BCUT2D eigenvalue weighted by Gasteiger charge is -2.09. The Balaban J connectivity index is 0.00000196. The van der Waals surface area contributed by atoms with Gasteiger partial charge in [-0.2, -0.15) is 0 Å². The molecule has 0 unspecified atom stereocenters. The summed E-state index contributed by atoms with van der Waals surface area (Å²) in [5, 5.41) is 0. The first-order valence-corrected chi connectivity index (χ1v) is 3.63. The number of cyclic esters (lactones) is 2. The topological polar surface area (TPSA) is 127 Å². The van der Waals surface area contributed by atoms with Gasteiger partial charge in [-0.25, -0.2) is 9.59 Å². The zero-order valence-electron chi connectivity index (χ0n) is 7.77. The second kappa shape index (κ2) is 4.91. The van der Waals surface area contributed by atoms with Gasteiger partial charge in [0.15, 0.2) is 5.76 Å². The summed E-state index contributed by atoms with van der Waals surface area (Å²) in [4.78, 5) is 32.5. The molecule has 15 heavy (non-hydrogen) atoms. The lowest BCUT2D eigenvalue weighted by Crippen LogP contribution is -2.22. The summed E-state index contributed by atoms with van der Waals surface area (Å²) in [6.07, 6.45) is 1.74. The van der Waals surface area contributed by atoms with E-state index in [-0.39, 0.29) is 11.2 Å². The Morgan fingerprint density at radius 1 is 1.20 bits per heavy atom. The van der Waals surface area contributed by atoms with E-state index in [0.29, 0.717) is 0 Å². The first-order valence-electron chi connectivity index (χ1n) is 3.63. The molecule has 1 aliphatic rings. The van der Waals surface area contributed by atoms with Gasteiger partial charge in [0, 0.05) is 12.2 Å². The maximum Gasteiger partial charge on any atom is 0.336 e. The number of nitrogens with two attached hydrogens (primary N) is 1. The van der Waals surface area contributed by atoms with E-state index < -0.39 is 23.6 Å². The highest BCUT2D eigenvalue weighted by molar-refractivity contribution is 5.98. The Hall–Kier alpha value is -2.15. The van der Waals surface area contributed by atoms with Gasteiger partial charge in [-0.05, 0) is 6.92 Å². The molecule has 0 aliphatic carbocycles. The number of ether oxygens (including phenoxy) is 2. The van der Waals surface area contributed by atoms with Crippen LogP contribution in [-0.2, 0) is 23.9 Å². The molecule has 0 spiro atoms. The van der Waals surface area contributed by atoms with Gasteiger partial charge in [0.2, 0.25) is 5.76 Å². The molecule has 0 radical (unpaired) electrons. The number of esters is 2. The van der Waals surface area contributed by atoms with E-state index >= 15 is 0 Å². The van der Waals surface area contributed by atoms with Crippen molar-refractivity contribution >= 4 is 17.8 Å². The van der Waals surface area contributed by atoms with Crippen LogP contribution in [0.1, 0.15) is 6.92 Å². The molecule has 1 amide bonds. The number of carbonyl (C=O) groups is 3.